The molecule has 0 radical (unpaired) electrons. The quantitative estimate of drug-likeness (QED) is 0.780. The summed E-state index contributed by atoms with van der Waals surface area (Å²) >= 11 is 0. The van der Waals surface area contributed by atoms with Gasteiger partial charge in [-0.15, -0.1) is 5.10 Å². The van der Waals surface area contributed by atoms with Crippen LogP contribution in [0.25, 0.3) is 0 Å². The second kappa shape index (κ2) is 5.95. The van der Waals surface area contributed by atoms with Crippen LogP contribution in [0.15, 0.2) is 30.5 Å². The third-order valence-electron chi connectivity index (χ3n) is 2.67. The van der Waals surface area contributed by atoms with Crippen molar-refractivity contribution in [2.24, 2.45) is 0 Å². The molecule has 0 bridgehead atoms. The number of phenolic OH excluding ortho intramolecular Hbond substituents is 1. The Balaban J connectivity index is 1.87. The van der Waals surface area contributed by atoms with E-state index in [1.807, 2.05) is 18.3 Å². The first-order valence-corrected chi connectivity index (χ1v) is 5.88. The van der Waals surface area contributed by atoms with Gasteiger partial charge in [-0.1, -0.05) is 17.3 Å². The summed E-state index contributed by atoms with van der Waals surface area (Å²) in [6, 6.07) is 7.12. The fourth-order valence-corrected chi connectivity index (χ4v) is 1.68. The molecule has 0 fully saturated rings. The molecule has 94 valence electrons. The summed E-state index contributed by atoms with van der Waals surface area (Å²) in [5.74, 6) is 0.274. The van der Waals surface area contributed by atoms with Crippen LogP contribution in [0.2, 0.25) is 0 Å². The number of rotatable bonds is 6. The number of carbonyl (C=O) groups is 1. The van der Waals surface area contributed by atoms with Crippen LogP contribution in [0.1, 0.15) is 17.7 Å². The van der Waals surface area contributed by atoms with Gasteiger partial charge in [-0.25, -0.2) is 0 Å². The van der Waals surface area contributed by atoms with Gasteiger partial charge in [-0.05, 0) is 30.5 Å². The van der Waals surface area contributed by atoms with E-state index in [9.17, 15) is 9.90 Å². The Morgan fingerprint density at radius 2 is 2.00 bits per heavy atom. The van der Waals surface area contributed by atoms with Gasteiger partial charge < -0.3 is 9.90 Å². The van der Waals surface area contributed by atoms with Gasteiger partial charge in [0, 0.05) is 19.2 Å². The van der Waals surface area contributed by atoms with E-state index < -0.39 is 0 Å². The Bertz CT molecular complexity index is 505. The minimum absolute atomic E-state index is 0.274. The van der Waals surface area contributed by atoms with Crippen molar-refractivity contribution in [3.8, 4) is 5.75 Å². The molecule has 0 saturated carbocycles. The monoisotopic (exact) mass is 245 g/mol. The van der Waals surface area contributed by atoms with Crippen molar-refractivity contribution >= 4 is 6.29 Å². The van der Waals surface area contributed by atoms with Crippen molar-refractivity contribution < 1.29 is 9.90 Å². The second-order valence-electron chi connectivity index (χ2n) is 4.09. The Labute approximate surface area is 105 Å². The molecule has 0 aliphatic rings. The maximum atomic E-state index is 10.2. The van der Waals surface area contributed by atoms with Gasteiger partial charge in [0.05, 0.1) is 5.69 Å². The zero-order valence-electron chi connectivity index (χ0n) is 9.99. The van der Waals surface area contributed by atoms with E-state index in [2.05, 4.69) is 10.3 Å². The van der Waals surface area contributed by atoms with Crippen LogP contribution in [0.5, 0.6) is 5.75 Å². The van der Waals surface area contributed by atoms with E-state index in [0.29, 0.717) is 12.8 Å². The van der Waals surface area contributed by atoms with Crippen molar-refractivity contribution in [2.45, 2.75) is 25.8 Å². The van der Waals surface area contributed by atoms with Gasteiger partial charge in [0.2, 0.25) is 0 Å². The first-order valence-electron chi connectivity index (χ1n) is 5.88. The zero-order valence-corrected chi connectivity index (χ0v) is 9.99. The van der Waals surface area contributed by atoms with Gasteiger partial charge in [-0.2, -0.15) is 0 Å². The molecule has 2 rings (SSSR count). The second-order valence-corrected chi connectivity index (χ2v) is 4.09. The van der Waals surface area contributed by atoms with E-state index in [1.54, 1.807) is 16.8 Å². The topological polar surface area (TPSA) is 68.0 Å². The number of nitrogens with zero attached hydrogens (tertiary/aromatic N) is 3. The number of aromatic nitrogens is 3. The van der Waals surface area contributed by atoms with Gasteiger partial charge >= 0.3 is 0 Å². The predicted molar refractivity (Wildman–Crippen MR) is 66.2 cm³/mol. The van der Waals surface area contributed by atoms with Crippen LogP contribution < -0.4 is 0 Å². The summed E-state index contributed by atoms with van der Waals surface area (Å²) in [6.45, 7) is 0.735. The third kappa shape index (κ3) is 3.41. The lowest BCUT2D eigenvalue weighted by Crippen LogP contribution is -2.01. The summed E-state index contributed by atoms with van der Waals surface area (Å²) in [7, 11) is 0. The first kappa shape index (κ1) is 12.3. The maximum absolute atomic E-state index is 10.2. The smallest absolute Gasteiger partial charge is 0.120 e. The molecule has 1 aromatic heterocycles. The Hall–Kier alpha value is -2.17. The molecule has 0 unspecified atom stereocenters. The molecule has 0 aliphatic carbocycles. The van der Waals surface area contributed by atoms with Gasteiger partial charge in [-0.3, -0.25) is 4.68 Å². The number of hydrogen-bond donors (Lipinski definition) is 1. The average Bonchev–Trinajstić information content (AvgIpc) is 2.84. The fourth-order valence-electron chi connectivity index (χ4n) is 1.68. The molecule has 18 heavy (non-hydrogen) atoms. The highest BCUT2D eigenvalue weighted by Crippen LogP contribution is 2.10. The number of aromatic hydroxyl groups is 1. The molecule has 1 aromatic carbocycles. The number of hydrogen-bond acceptors (Lipinski definition) is 4. The summed E-state index contributed by atoms with van der Waals surface area (Å²) in [4.78, 5) is 10.2. The van der Waals surface area contributed by atoms with Crippen LogP contribution >= 0.6 is 0 Å². The lowest BCUT2D eigenvalue weighted by Gasteiger charge is -2.01. The molecule has 5 nitrogen and oxygen atoms in total. The maximum Gasteiger partial charge on any atom is 0.120 e. The number of benzene rings is 1. The fraction of sp³-hybridized carbons (Fsp3) is 0.308. The van der Waals surface area contributed by atoms with Gasteiger partial charge in [0.15, 0.2) is 0 Å². The van der Waals surface area contributed by atoms with Crippen molar-refractivity contribution in [3.63, 3.8) is 0 Å². The predicted octanol–water partition coefficient (Wildman–Crippen LogP) is 1.36. The zero-order chi connectivity index (χ0) is 12.8. The Morgan fingerprint density at radius 3 is 2.72 bits per heavy atom. The summed E-state index contributed by atoms with van der Waals surface area (Å²) in [5.41, 5.74) is 1.98. The van der Waals surface area contributed by atoms with Crippen LogP contribution in [0.4, 0.5) is 0 Å². The normalized spacial score (nSPS) is 10.4. The standard InChI is InChI=1S/C13H15N3O2/c17-9-1-2-12-10-16(15-14-12)8-7-11-3-5-13(18)6-4-11/h3-6,9-10,18H,1-2,7-8H2. The van der Waals surface area contributed by atoms with Crippen LogP contribution in [-0.2, 0) is 24.2 Å². The van der Waals surface area contributed by atoms with Gasteiger partial charge in [0.1, 0.15) is 12.0 Å². The Morgan fingerprint density at radius 1 is 1.22 bits per heavy atom. The largest absolute Gasteiger partial charge is 0.508 e. The molecule has 0 amide bonds. The molecule has 2 aromatic rings. The number of carbonyl (C=O) groups excluding carboxylic acids is 1. The molecule has 0 spiro atoms. The minimum atomic E-state index is 0.274. The van der Waals surface area contributed by atoms with E-state index in [0.717, 1.165) is 30.5 Å². The minimum Gasteiger partial charge on any atom is -0.508 e. The van der Waals surface area contributed by atoms with Crippen molar-refractivity contribution in [1.29, 1.82) is 0 Å². The lowest BCUT2D eigenvalue weighted by molar-refractivity contribution is -0.107. The van der Waals surface area contributed by atoms with Gasteiger partial charge in [0.25, 0.3) is 0 Å². The van der Waals surface area contributed by atoms with Crippen LogP contribution in [0, 0.1) is 0 Å². The molecule has 1 heterocycles. The number of phenols is 1. The number of aldehydes is 1. The molecular formula is C13H15N3O2. The molecule has 0 atom stereocenters. The summed E-state index contributed by atoms with van der Waals surface area (Å²) in [6.07, 6.45) is 4.70. The molecule has 1 N–H and O–H groups in total. The molecule has 0 saturated heterocycles. The summed E-state index contributed by atoms with van der Waals surface area (Å²) in [5, 5.41) is 17.2. The Kier molecular flexibility index (Phi) is 4.06. The molecular weight excluding hydrogens is 230 g/mol. The third-order valence-corrected chi connectivity index (χ3v) is 2.67. The molecule has 0 aliphatic heterocycles. The SMILES string of the molecule is O=CCCc1cn(CCc2ccc(O)cc2)nn1. The number of aryl methyl sites for hydroxylation is 3. The highest BCUT2D eigenvalue weighted by atomic mass is 16.3. The first-order chi connectivity index (χ1) is 8.78. The van der Waals surface area contributed by atoms with E-state index in [1.165, 1.54) is 0 Å². The van der Waals surface area contributed by atoms with Crippen molar-refractivity contribution in [2.75, 3.05) is 0 Å². The van der Waals surface area contributed by atoms with Crippen LogP contribution in [0.3, 0.4) is 0 Å². The van der Waals surface area contributed by atoms with Crippen LogP contribution in [-0.4, -0.2) is 26.4 Å². The van der Waals surface area contributed by atoms with E-state index in [4.69, 9.17) is 0 Å². The molecule has 5 heteroatoms. The summed E-state index contributed by atoms with van der Waals surface area (Å²) < 4.78 is 1.77. The van der Waals surface area contributed by atoms with Crippen molar-refractivity contribution in [1.82, 2.24) is 15.0 Å². The van der Waals surface area contributed by atoms with E-state index in [-0.39, 0.29) is 5.75 Å². The van der Waals surface area contributed by atoms with E-state index >= 15 is 0 Å². The highest BCUT2D eigenvalue weighted by Gasteiger charge is 2.01. The van der Waals surface area contributed by atoms with Crippen molar-refractivity contribution in [3.05, 3.63) is 41.7 Å². The average molecular weight is 245 g/mol. The lowest BCUT2D eigenvalue weighted by atomic mass is 10.1. The highest BCUT2D eigenvalue weighted by molar-refractivity contribution is 5.49.